The highest BCUT2D eigenvalue weighted by atomic mass is 19.1. The van der Waals surface area contributed by atoms with Crippen LogP contribution in [0.4, 0.5) is 4.39 Å². The van der Waals surface area contributed by atoms with Gasteiger partial charge in [0.1, 0.15) is 0 Å². The standard InChI is InChI=1S/C13H15FN2O3/c14-10-6-1-2-7-11(10)19-8-12(17)15-16-13(18)9-4-3-5-9/h1-2,6-7,9H,3-5,8H2,(H,15,17)(H,16,18). The molecule has 6 heteroatoms. The Labute approximate surface area is 110 Å². The van der Waals surface area contributed by atoms with E-state index in [1.54, 1.807) is 6.07 Å². The molecular weight excluding hydrogens is 251 g/mol. The zero-order valence-corrected chi connectivity index (χ0v) is 10.3. The molecule has 19 heavy (non-hydrogen) atoms. The number of ether oxygens (including phenoxy) is 1. The fraction of sp³-hybridized carbons (Fsp3) is 0.385. The van der Waals surface area contributed by atoms with Gasteiger partial charge in [-0.1, -0.05) is 18.6 Å². The van der Waals surface area contributed by atoms with Gasteiger partial charge in [0.2, 0.25) is 5.91 Å². The van der Waals surface area contributed by atoms with Crippen LogP contribution in [0, 0.1) is 11.7 Å². The molecule has 0 saturated heterocycles. The van der Waals surface area contributed by atoms with Crippen LogP contribution in [0.1, 0.15) is 19.3 Å². The molecular formula is C13H15FN2O3. The van der Waals surface area contributed by atoms with Crippen molar-refractivity contribution >= 4 is 11.8 Å². The summed E-state index contributed by atoms with van der Waals surface area (Å²) in [5.41, 5.74) is 4.56. The van der Waals surface area contributed by atoms with Crippen LogP contribution in [0.5, 0.6) is 5.75 Å². The SMILES string of the molecule is O=C(COc1ccccc1F)NNC(=O)C1CCC1. The molecule has 0 heterocycles. The lowest BCUT2D eigenvalue weighted by atomic mass is 9.85. The zero-order valence-electron chi connectivity index (χ0n) is 10.3. The van der Waals surface area contributed by atoms with Crippen molar-refractivity contribution in [1.29, 1.82) is 0 Å². The summed E-state index contributed by atoms with van der Waals surface area (Å²) in [7, 11) is 0. The molecule has 1 aliphatic rings. The van der Waals surface area contributed by atoms with E-state index in [-0.39, 0.29) is 24.2 Å². The van der Waals surface area contributed by atoms with Crippen molar-refractivity contribution < 1.29 is 18.7 Å². The molecule has 1 saturated carbocycles. The minimum absolute atomic E-state index is 0.00275. The number of rotatable bonds is 4. The van der Waals surface area contributed by atoms with Crippen molar-refractivity contribution in [2.45, 2.75) is 19.3 Å². The van der Waals surface area contributed by atoms with Crippen molar-refractivity contribution in [2.75, 3.05) is 6.61 Å². The number of carbonyl (C=O) groups excluding carboxylic acids is 2. The predicted molar refractivity (Wildman–Crippen MR) is 65.5 cm³/mol. The molecule has 1 aromatic carbocycles. The number of para-hydroxylation sites is 1. The van der Waals surface area contributed by atoms with Crippen molar-refractivity contribution in [3.63, 3.8) is 0 Å². The van der Waals surface area contributed by atoms with Crippen molar-refractivity contribution in [3.05, 3.63) is 30.1 Å². The van der Waals surface area contributed by atoms with Crippen LogP contribution < -0.4 is 15.6 Å². The second kappa shape index (κ2) is 6.17. The summed E-state index contributed by atoms with van der Waals surface area (Å²) in [5.74, 6) is -1.26. The van der Waals surface area contributed by atoms with E-state index in [9.17, 15) is 14.0 Å². The highest BCUT2D eigenvalue weighted by molar-refractivity contribution is 5.84. The van der Waals surface area contributed by atoms with Crippen LogP contribution in [0.25, 0.3) is 0 Å². The fourth-order valence-electron chi connectivity index (χ4n) is 1.64. The average molecular weight is 266 g/mol. The van der Waals surface area contributed by atoms with E-state index in [1.807, 2.05) is 0 Å². The number of hydrogen-bond acceptors (Lipinski definition) is 3. The van der Waals surface area contributed by atoms with Crippen molar-refractivity contribution in [1.82, 2.24) is 10.9 Å². The summed E-state index contributed by atoms with van der Waals surface area (Å²) < 4.78 is 18.2. The Kier molecular flexibility index (Phi) is 4.33. The van der Waals surface area contributed by atoms with Crippen LogP contribution in [0.15, 0.2) is 24.3 Å². The highest BCUT2D eigenvalue weighted by Crippen LogP contribution is 2.25. The molecule has 102 valence electrons. The van der Waals surface area contributed by atoms with Gasteiger partial charge < -0.3 is 4.74 Å². The number of amides is 2. The Bertz CT molecular complexity index is 475. The second-order valence-electron chi connectivity index (χ2n) is 4.38. The molecule has 2 amide bonds. The third-order valence-corrected chi connectivity index (χ3v) is 3.00. The lowest BCUT2D eigenvalue weighted by molar-refractivity contribution is -0.133. The summed E-state index contributed by atoms with van der Waals surface area (Å²) in [6.07, 6.45) is 2.75. The van der Waals surface area contributed by atoms with Gasteiger partial charge in [-0.05, 0) is 25.0 Å². The third-order valence-electron chi connectivity index (χ3n) is 3.00. The molecule has 0 spiro atoms. The van der Waals surface area contributed by atoms with Crippen molar-refractivity contribution in [3.8, 4) is 5.75 Å². The van der Waals surface area contributed by atoms with Gasteiger partial charge in [-0.2, -0.15) is 0 Å². The van der Waals surface area contributed by atoms with Gasteiger partial charge in [0, 0.05) is 5.92 Å². The zero-order chi connectivity index (χ0) is 13.7. The maximum Gasteiger partial charge on any atom is 0.276 e. The predicted octanol–water partition coefficient (Wildman–Crippen LogP) is 1.15. The smallest absolute Gasteiger partial charge is 0.276 e. The Morgan fingerprint density at radius 3 is 2.63 bits per heavy atom. The van der Waals surface area contributed by atoms with Crippen LogP contribution in [-0.2, 0) is 9.59 Å². The minimum atomic E-state index is -0.534. The fourth-order valence-corrected chi connectivity index (χ4v) is 1.64. The van der Waals surface area contributed by atoms with Gasteiger partial charge in [-0.15, -0.1) is 0 Å². The number of nitrogens with one attached hydrogen (secondary N) is 2. The van der Waals surface area contributed by atoms with Crippen LogP contribution in [0.2, 0.25) is 0 Å². The Balaban J connectivity index is 1.70. The molecule has 2 rings (SSSR count). The maximum absolute atomic E-state index is 13.2. The van der Waals surface area contributed by atoms with Gasteiger partial charge in [0.15, 0.2) is 18.2 Å². The topological polar surface area (TPSA) is 67.4 Å². The molecule has 0 aromatic heterocycles. The van der Waals surface area contributed by atoms with E-state index in [1.165, 1.54) is 18.2 Å². The summed E-state index contributed by atoms with van der Waals surface area (Å²) in [4.78, 5) is 22.8. The Morgan fingerprint density at radius 2 is 2.00 bits per heavy atom. The number of benzene rings is 1. The molecule has 0 radical (unpaired) electrons. The Morgan fingerprint density at radius 1 is 1.26 bits per heavy atom. The van der Waals surface area contributed by atoms with Gasteiger partial charge in [0.05, 0.1) is 0 Å². The molecule has 0 aliphatic heterocycles. The highest BCUT2D eigenvalue weighted by Gasteiger charge is 2.25. The van der Waals surface area contributed by atoms with Gasteiger partial charge in [0.25, 0.3) is 5.91 Å². The van der Waals surface area contributed by atoms with Crippen molar-refractivity contribution in [2.24, 2.45) is 5.92 Å². The molecule has 1 aromatic rings. The van der Waals surface area contributed by atoms with Gasteiger partial charge >= 0.3 is 0 Å². The minimum Gasteiger partial charge on any atom is -0.481 e. The van der Waals surface area contributed by atoms with Crippen LogP contribution >= 0.6 is 0 Å². The first-order valence-corrected chi connectivity index (χ1v) is 6.13. The summed E-state index contributed by atoms with van der Waals surface area (Å²) >= 11 is 0. The third kappa shape index (κ3) is 3.67. The molecule has 2 N–H and O–H groups in total. The molecule has 1 aliphatic carbocycles. The number of halogens is 1. The molecule has 0 unspecified atom stereocenters. The van der Waals surface area contributed by atoms with E-state index >= 15 is 0 Å². The van der Waals surface area contributed by atoms with Crippen LogP contribution in [-0.4, -0.2) is 18.4 Å². The first kappa shape index (κ1) is 13.3. The average Bonchev–Trinajstić information content (AvgIpc) is 2.33. The Hall–Kier alpha value is -2.11. The molecule has 1 fully saturated rings. The molecule has 0 bridgehead atoms. The number of hydrazine groups is 1. The van der Waals surface area contributed by atoms with E-state index in [4.69, 9.17) is 4.74 Å². The largest absolute Gasteiger partial charge is 0.481 e. The lowest BCUT2D eigenvalue weighted by Gasteiger charge is -2.23. The number of carbonyl (C=O) groups is 2. The van der Waals surface area contributed by atoms with Gasteiger partial charge in [-0.25, -0.2) is 4.39 Å². The molecule has 0 atom stereocenters. The quantitative estimate of drug-likeness (QED) is 0.803. The number of hydrogen-bond donors (Lipinski definition) is 2. The van der Waals surface area contributed by atoms with E-state index < -0.39 is 11.7 Å². The monoisotopic (exact) mass is 266 g/mol. The maximum atomic E-state index is 13.2. The summed E-state index contributed by atoms with van der Waals surface area (Å²) in [6, 6.07) is 5.80. The van der Waals surface area contributed by atoms with E-state index in [2.05, 4.69) is 10.9 Å². The lowest BCUT2D eigenvalue weighted by Crippen LogP contribution is -2.47. The first-order chi connectivity index (χ1) is 9.16. The summed E-state index contributed by atoms with van der Waals surface area (Å²) in [6.45, 7) is -0.355. The first-order valence-electron chi connectivity index (χ1n) is 6.13. The van der Waals surface area contributed by atoms with Gasteiger partial charge in [-0.3, -0.25) is 20.4 Å². The normalized spacial score (nSPS) is 14.4. The molecule has 5 nitrogen and oxygen atoms in total. The van der Waals surface area contributed by atoms with E-state index in [0.717, 1.165) is 19.3 Å². The summed E-state index contributed by atoms with van der Waals surface area (Å²) in [5, 5.41) is 0. The van der Waals surface area contributed by atoms with Crippen LogP contribution in [0.3, 0.4) is 0 Å². The second-order valence-corrected chi connectivity index (χ2v) is 4.38. The van der Waals surface area contributed by atoms with E-state index in [0.29, 0.717) is 0 Å².